The first-order valence-corrected chi connectivity index (χ1v) is 9.68. The second kappa shape index (κ2) is 8.71. The Bertz CT molecular complexity index is 903. The third kappa shape index (κ3) is 3.85. The Morgan fingerprint density at radius 3 is 2.34 bits per heavy atom. The van der Waals surface area contributed by atoms with Gasteiger partial charge in [-0.05, 0) is 55.7 Å². The molecule has 7 heteroatoms. The van der Waals surface area contributed by atoms with Crippen molar-refractivity contribution in [3.05, 3.63) is 53.8 Å². The van der Waals surface area contributed by atoms with Crippen molar-refractivity contribution in [3.63, 3.8) is 0 Å². The van der Waals surface area contributed by atoms with Crippen LogP contribution in [0.15, 0.2) is 42.5 Å². The van der Waals surface area contributed by atoms with Crippen LogP contribution in [0.1, 0.15) is 31.2 Å². The topological polar surface area (TPSA) is 44.9 Å². The molecule has 0 saturated heterocycles. The Balaban J connectivity index is 0.00000240. The normalized spacial score (nSPS) is 21.3. The lowest BCUT2D eigenvalue weighted by Crippen LogP contribution is -3.00. The van der Waals surface area contributed by atoms with Crippen molar-refractivity contribution in [2.75, 3.05) is 32.2 Å². The lowest BCUT2D eigenvalue weighted by molar-refractivity contribution is -0.658. The first kappa shape index (κ1) is 21.6. The summed E-state index contributed by atoms with van der Waals surface area (Å²) in [5.41, 5.74) is -0.174. The number of amidine groups is 1. The summed E-state index contributed by atoms with van der Waals surface area (Å²) in [6.45, 7) is 0.974. The van der Waals surface area contributed by atoms with Crippen LogP contribution in [0.2, 0.25) is 0 Å². The van der Waals surface area contributed by atoms with E-state index >= 15 is 0 Å². The lowest BCUT2D eigenvalue weighted by atomic mass is 10.0. The number of hydrogen-bond donors (Lipinski definition) is 1. The molecular formula is C22H26BrFN2O3. The molecule has 0 fully saturated rings. The molecular weight excluding hydrogens is 439 g/mol. The fourth-order valence-electron chi connectivity index (χ4n) is 4.25. The van der Waals surface area contributed by atoms with Gasteiger partial charge in [-0.15, -0.1) is 0 Å². The van der Waals surface area contributed by atoms with Crippen molar-refractivity contribution >= 4 is 11.5 Å². The van der Waals surface area contributed by atoms with Gasteiger partial charge in [-0.3, -0.25) is 0 Å². The highest BCUT2D eigenvalue weighted by molar-refractivity contribution is 5.96. The maximum Gasteiger partial charge on any atom is 0.273 e. The van der Waals surface area contributed by atoms with E-state index in [9.17, 15) is 9.50 Å². The van der Waals surface area contributed by atoms with Gasteiger partial charge in [-0.1, -0.05) is 0 Å². The van der Waals surface area contributed by atoms with E-state index in [1.54, 1.807) is 19.2 Å². The van der Waals surface area contributed by atoms with Gasteiger partial charge >= 0.3 is 0 Å². The van der Waals surface area contributed by atoms with E-state index in [4.69, 9.17) is 9.47 Å². The van der Waals surface area contributed by atoms with Crippen LogP contribution in [0.5, 0.6) is 11.5 Å². The van der Waals surface area contributed by atoms with E-state index in [1.165, 1.54) is 13.2 Å². The smallest absolute Gasteiger partial charge is 0.273 e. The Kier molecular flexibility index (Phi) is 6.49. The molecule has 0 amide bonds. The summed E-state index contributed by atoms with van der Waals surface area (Å²) in [5.74, 6) is 1.81. The monoisotopic (exact) mass is 464 g/mol. The van der Waals surface area contributed by atoms with Gasteiger partial charge in [0.1, 0.15) is 23.0 Å². The minimum absolute atomic E-state index is 0. The van der Waals surface area contributed by atoms with Gasteiger partial charge in [0.2, 0.25) is 0 Å². The summed E-state index contributed by atoms with van der Waals surface area (Å²) in [6, 6.07) is 12.4. The fraction of sp³-hybridized carbons (Fsp3) is 0.409. The molecule has 0 bridgehead atoms. The molecule has 4 rings (SSSR count). The number of aliphatic hydroxyl groups is 1. The SMILES string of the molecule is COc1ccc(N2CC(O)(c3ccc(OC)cc3F)[N+]3=C2CCCCC3)cc1.[Br-]. The standard InChI is InChI=1S/C22H26FN2O3.BrH/c1-27-17-9-7-16(8-10-17)24-15-22(26,25-13-5-3-4-6-21(24)25)19-12-11-18(28-2)14-20(19)23;/h7-12,14,26H,3-6,13,15H2,1-2H3;1H/q+1;/p-1. The van der Waals surface area contributed by atoms with Crippen LogP contribution in [0.25, 0.3) is 0 Å². The predicted molar refractivity (Wildman–Crippen MR) is 106 cm³/mol. The van der Waals surface area contributed by atoms with Crippen LogP contribution in [-0.4, -0.2) is 42.8 Å². The van der Waals surface area contributed by atoms with Gasteiger partial charge in [0.25, 0.3) is 11.6 Å². The largest absolute Gasteiger partial charge is 1.00 e. The minimum atomic E-state index is -1.42. The molecule has 0 aromatic heterocycles. The Morgan fingerprint density at radius 1 is 1.00 bits per heavy atom. The van der Waals surface area contributed by atoms with Crippen LogP contribution < -0.4 is 31.4 Å². The zero-order valence-corrected chi connectivity index (χ0v) is 18.3. The van der Waals surface area contributed by atoms with Crippen molar-refractivity contribution in [2.24, 2.45) is 0 Å². The van der Waals surface area contributed by atoms with Crippen LogP contribution in [0, 0.1) is 5.82 Å². The second-order valence-electron chi connectivity index (χ2n) is 7.33. The van der Waals surface area contributed by atoms with Crippen LogP contribution in [0.4, 0.5) is 10.1 Å². The van der Waals surface area contributed by atoms with Crippen molar-refractivity contribution in [3.8, 4) is 11.5 Å². The highest BCUT2D eigenvalue weighted by Crippen LogP contribution is 2.37. The Hall–Kier alpha value is -2.12. The molecule has 0 spiro atoms. The quantitative estimate of drug-likeness (QED) is 0.669. The van der Waals surface area contributed by atoms with E-state index in [1.807, 2.05) is 28.8 Å². The maximum absolute atomic E-state index is 14.9. The molecule has 2 aromatic rings. The van der Waals surface area contributed by atoms with Gasteiger partial charge in [0, 0.05) is 12.5 Å². The number of methoxy groups -OCH3 is 2. The van der Waals surface area contributed by atoms with Gasteiger partial charge in [0.15, 0.2) is 6.54 Å². The molecule has 29 heavy (non-hydrogen) atoms. The number of anilines is 1. The molecule has 1 unspecified atom stereocenters. The molecule has 1 N–H and O–H groups in total. The molecule has 0 saturated carbocycles. The third-order valence-electron chi connectivity index (χ3n) is 5.72. The molecule has 0 aliphatic carbocycles. The summed E-state index contributed by atoms with van der Waals surface area (Å²) in [4.78, 5) is 2.11. The minimum Gasteiger partial charge on any atom is -1.00 e. The third-order valence-corrected chi connectivity index (χ3v) is 5.72. The lowest BCUT2D eigenvalue weighted by Gasteiger charge is -2.24. The highest BCUT2D eigenvalue weighted by atomic mass is 79.9. The van der Waals surface area contributed by atoms with Crippen molar-refractivity contribution in [1.82, 2.24) is 0 Å². The molecule has 0 radical (unpaired) electrons. The summed E-state index contributed by atoms with van der Waals surface area (Å²) in [6.07, 6.45) is 3.98. The summed E-state index contributed by atoms with van der Waals surface area (Å²) in [5, 5.41) is 11.7. The number of nitrogens with zero attached hydrogens (tertiary/aromatic N) is 2. The van der Waals surface area contributed by atoms with Gasteiger partial charge < -0.3 is 31.6 Å². The predicted octanol–water partition coefficient (Wildman–Crippen LogP) is 0.497. The molecule has 2 heterocycles. The molecule has 2 aliphatic heterocycles. The first-order chi connectivity index (χ1) is 13.6. The highest BCUT2D eigenvalue weighted by Gasteiger charge is 2.53. The number of ether oxygens (including phenoxy) is 2. The van der Waals surface area contributed by atoms with E-state index < -0.39 is 11.5 Å². The number of benzene rings is 2. The molecule has 156 valence electrons. The van der Waals surface area contributed by atoms with E-state index in [2.05, 4.69) is 4.90 Å². The van der Waals surface area contributed by atoms with Gasteiger partial charge in [0.05, 0.1) is 26.3 Å². The second-order valence-corrected chi connectivity index (χ2v) is 7.33. The molecule has 5 nitrogen and oxygen atoms in total. The zero-order chi connectivity index (χ0) is 19.7. The van der Waals surface area contributed by atoms with Crippen LogP contribution in [0.3, 0.4) is 0 Å². The fourth-order valence-corrected chi connectivity index (χ4v) is 4.25. The van der Waals surface area contributed by atoms with Crippen molar-refractivity contribution in [1.29, 1.82) is 0 Å². The molecule has 2 aliphatic rings. The van der Waals surface area contributed by atoms with Crippen molar-refractivity contribution in [2.45, 2.75) is 31.4 Å². The van der Waals surface area contributed by atoms with Crippen LogP contribution in [-0.2, 0) is 5.72 Å². The summed E-state index contributed by atoms with van der Waals surface area (Å²) in [7, 11) is 3.14. The summed E-state index contributed by atoms with van der Waals surface area (Å²) < 4.78 is 27.3. The molecule has 2 aromatic carbocycles. The van der Waals surface area contributed by atoms with Crippen molar-refractivity contribution < 1.29 is 40.5 Å². The first-order valence-electron chi connectivity index (χ1n) is 9.68. The Labute approximate surface area is 181 Å². The zero-order valence-electron chi connectivity index (χ0n) is 16.7. The van der Waals surface area contributed by atoms with Gasteiger partial charge in [-0.2, -0.15) is 0 Å². The number of rotatable bonds is 4. The average Bonchev–Trinajstić information content (AvgIpc) is 2.87. The average molecular weight is 465 g/mol. The Morgan fingerprint density at radius 2 is 1.69 bits per heavy atom. The maximum atomic E-state index is 14.9. The van der Waals surface area contributed by atoms with E-state index in [0.717, 1.165) is 43.0 Å². The number of halogens is 2. The van der Waals surface area contributed by atoms with Gasteiger partial charge in [-0.25, -0.2) is 13.9 Å². The molecule has 1 atom stereocenters. The number of β-amino-alcohol motifs (C(OH)–C–C–N with tert-alkyl or cyclic N) is 1. The van der Waals surface area contributed by atoms with E-state index in [-0.39, 0.29) is 29.1 Å². The number of hydrogen-bond acceptors (Lipinski definition) is 4. The van der Waals surface area contributed by atoms with Crippen LogP contribution >= 0.6 is 0 Å². The summed E-state index contributed by atoms with van der Waals surface area (Å²) >= 11 is 0. The van der Waals surface area contributed by atoms with E-state index in [0.29, 0.717) is 12.3 Å².